The van der Waals surface area contributed by atoms with Crippen LogP contribution in [0.1, 0.15) is 22.8 Å². The molecule has 40 heavy (non-hydrogen) atoms. The normalized spacial score (nSPS) is 12.1. The fraction of sp³-hybridized carbons (Fsp3) is 0.0588. The lowest BCUT2D eigenvalue weighted by molar-refractivity contribution is 0.415. The molecule has 5 heterocycles. The van der Waals surface area contributed by atoms with Crippen LogP contribution in [-0.2, 0) is 0 Å². The van der Waals surface area contributed by atoms with Gasteiger partial charge in [-0.15, -0.1) is 0 Å². The van der Waals surface area contributed by atoms with Gasteiger partial charge >= 0.3 is 0 Å². The number of benzene rings is 2. The van der Waals surface area contributed by atoms with Gasteiger partial charge in [-0.3, -0.25) is 0 Å². The Balaban J connectivity index is 1.55. The van der Waals surface area contributed by atoms with Crippen LogP contribution >= 0.6 is 0 Å². The minimum Gasteiger partial charge on any atom is -0.497 e. The molecule has 5 aromatic rings. The van der Waals surface area contributed by atoms with Gasteiger partial charge in [-0.2, -0.15) is 0 Å². The second-order valence-corrected chi connectivity index (χ2v) is 9.67. The molecule has 2 N–H and O–H groups in total. The third kappa shape index (κ3) is 4.35. The highest BCUT2D eigenvalue weighted by Gasteiger charge is 2.14. The summed E-state index contributed by atoms with van der Waals surface area (Å²) < 4.78 is 11.0. The molecule has 0 saturated heterocycles. The van der Waals surface area contributed by atoms with E-state index in [4.69, 9.17) is 19.4 Å². The Labute approximate surface area is 231 Å². The van der Waals surface area contributed by atoms with E-state index in [-0.39, 0.29) is 0 Å². The molecular formula is C34H26N4O2. The zero-order chi connectivity index (χ0) is 27.1. The second kappa shape index (κ2) is 9.75. The zero-order valence-corrected chi connectivity index (χ0v) is 22.1. The SMILES string of the molecule is COc1cccc(-c2c3nc(cc4ccc([nH]4)c(-c4cccc(OC)c4)c4nc(cc5ccc2[nH]5)C=C4)C=C3)c1. The molecular weight excluding hydrogens is 496 g/mol. The van der Waals surface area contributed by atoms with Gasteiger partial charge in [0.2, 0.25) is 0 Å². The van der Waals surface area contributed by atoms with Gasteiger partial charge in [-0.25, -0.2) is 9.97 Å². The number of ether oxygens (including phenoxy) is 2. The second-order valence-electron chi connectivity index (χ2n) is 9.67. The first kappa shape index (κ1) is 23.7. The third-order valence-electron chi connectivity index (χ3n) is 7.11. The van der Waals surface area contributed by atoms with Gasteiger partial charge in [0.15, 0.2) is 0 Å². The highest BCUT2D eigenvalue weighted by atomic mass is 16.5. The number of hydrogen-bond acceptors (Lipinski definition) is 4. The summed E-state index contributed by atoms with van der Waals surface area (Å²) in [6.45, 7) is 0. The Bertz CT molecular complexity index is 1850. The number of nitrogens with zero attached hydrogens (tertiary/aromatic N) is 2. The monoisotopic (exact) mass is 522 g/mol. The van der Waals surface area contributed by atoms with Gasteiger partial charge in [0.05, 0.1) is 37.0 Å². The van der Waals surface area contributed by atoms with Crippen LogP contribution in [0, 0.1) is 0 Å². The van der Waals surface area contributed by atoms with Crippen LogP contribution in [0.15, 0.2) is 84.9 Å². The topological polar surface area (TPSA) is 75.8 Å². The van der Waals surface area contributed by atoms with Crippen molar-refractivity contribution in [1.82, 2.24) is 19.9 Å². The Morgan fingerprint density at radius 2 is 1.00 bits per heavy atom. The van der Waals surface area contributed by atoms with Crippen molar-refractivity contribution in [2.75, 3.05) is 14.2 Å². The van der Waals surface area contributed by atoms with Crippen LogP contribution in [0.5, 0.6) is 11.5 Å². The van der Waals surface area contributed by atoms with E-state index in [0.29, 0.717) is 0 Å². The summed E-state index contributed by atoms with van der Waals surface area (Å²) in [6.07, 6.45) is 8.21. The maximum atomic E-state index is 5.52. The van der Waals surface area contributed by atoms with Gasteiger partial charge in [0, 0.05) is 33.2 Å². The summed E-state index contributed by atoms with van der Waals surface area (Å²) in [4.78, 5) is 17.2. The molecule has 0 amide bonds. The predicted molar refractivity (Wildman–Crippen MR) is 163 cm³/mol. The minimum atomic E-state index is 0.796. The Morgan fingerprint density at radius 3 is 1.45 bits per heavy atom. The first-order valence-electron chi connectivity index (χ1n) is 13.1. The Morgan fingerprint density at radius 1 is 0.525 bits per heavy atom. The summed E-state index contributed by atoms with van der Waals surface area (Å²) in [5, 5.41) is 0. The van der Waals surface area contributed by atoms with E-state index in [1.165, 1.54) is 0 Å². The fourth-order valence-corrected chi connectivity index (χ4v) is 5.24. The molecule has 194 valence electrons. The van der Waals surface area contributed by atoms with Crippen LogP contribution in [0.25, 0.3) is 68.6 Å². The molecule has 0 saturated carbocycles. The number of aromatic amines is 2. The number of methoxy groups -OCH3 is 2. The van der Waals surface area contributed by atoms with Crippen molar-refractivity contribution < 1.29 is 9.47 Å². The van der Waals surface area contributed by atoms with Crippen molar-refractivity contribution in [1.29, 1.82) is 0 Å². The Hall–Kier alpha value is -5.36. The number of rotatable bonds is 4. The summed E-state index contributed by atoms with van der Waals surface area (Å²) >= 11 is 0. The average molecular weight is 523 g/mol. The van der Waals surface area contributed by atoms with E-state index in [0.717, 1.165) is 78.6 Å². The van der Waals surface area contributed by atoms with E-state index < -0.39 is 0 Å². The van der Waals surface area contributed by atoms with E-state index >= 15 is 0 Å². The molecule has 0 aliphatic carbocycles. The molecule has 2 aliphatic heterocycles. The first-order chi connectivity index (χ1) is 19.7. The largest absolute Gasteiger partial charge is 0.497 e. The number of hydrogen-bond donors (Lipinski definition) is 2. The number of aromatic nitrogens is 4. The standard InChI is InChI=1S/C34H26N4O2/c1-39-27-7-3-5-21(17-27)33-29-13-9-23(35-29)19-25-11-15-31(37-25)34(22-6-4-8-28(18-22)40-2)32-16-12-26(38-32)20-24-10-14-30(33)36-24/h3-20,35,38H,1-2H3. The lowest BCUT2D eigenvalue weighted by atomic mass is 10.0. The molecule has 0 radical (unpaired) electrons. The lowest BCUT2D eigenvalue weighted by Gasteiger charge is -2.06. The molecule has 0 fully saturated rings. The van der Waals surface area contributed by atoms with Crippen molar-refractivity contribution in [2.24, 2.45) is 0 Å². The molecule has 2 aliphatic rings. The zero-order valence-electron chi connectivity index (χ0n) is 22.1. The van der Waals surface area contributed by atoms with Crippen LogP contribution in [0.2, 0.25) is 0 Å². The highest BCUT2D eigenvalue weighted by molar-refractivity contribution is 5.93. The summed E-state index contributed by atoms with van der Waals surface area (Å²) in [6, 6.07) is 28.6. The predicted octanol–water partition coefficient (Wildman–Crippen LogP) is 8.01. The average Bonchev–Trinajstić information content (AvgIpc) is 3.80. The van der Waals surface area contributed by atoms with Gasteiger partial charge in [-0.05, 0) is 96.1 Å². The van der Waals surface area contributed by atoms with Crippen LogP contribution in [0.4, 0.5) is 0 Å². The Kier molecular flexibility index (Phi) is 5.78. The molecule has 2 aromatic carbocycles. The quantitative estimate of drug-likeness (QED) is 0.246. The van der Waals surface area contributed by atoms with Crippen LogP contribution in [0.3, 0.4) is 0 Å². The van der Waals surface area contributed by atoms with E-state index in [2.05, 4.69) is 70.7 Å². The van der Waals surface area contributed by atoms with Crippen LogP contribution < -0.4 is 9.47 Å². The molecule has 8 bridgehead atoms. The molecule has 0 unspecified atom stereocenters. The van der Waals surface area contributed by atoms with Crippen molar-refractivity contribution in [3.8, 4) is 33.8 Å². The molecule has 3 aromatic heterocycles. The lowest BCUT2D eigenvalue weighted by Crippen LogP contribution is -1.88. The third-order valence-corrected chi connectivity index (χ3v) is 7.11. The van der Waals surface area contributed by atoms with E-state index in [1.807, 2.05) is 48.6 Å². The summed E-state index contributed by atoms with van der Waals surface area (Å²) in [5.41, 5.74) is 11.4. The van der Waals surface area contributed by atoms with Gasteiger partial charge < -0.3 is 19.4 Å². The minimum absolute atomic E-state index is 0.796. The van der Waals surface area contributed by atoms with Gasteiger partial charge in [0.25, 0.3) is 0 Å². The van der Waals surface area contributed by atoms with Crippen molar-refractivity contribution in [2.45, 2.75) is 0 Å². The number of H-pyrrole nitrogens is 2. The molecule has 6 nitrogen and oxygen atoms in total. The van der Waals surface area contributed by atoms with Crippen molar-refractivity contribution in [3.05, 3.63) is 108 Å². The first-order valence-corrected chi connectivity index (χ1v) is 13.1. The molecule has 7 rings (SSSR count). The smallest absolute Gasteiger partial charge is 0.119 e. The number of nitrogens with one attached hydrogen (secondary N) is 2. The summed E-state index contributed by atoms with van der Waals surface area (Å²) in [5.74, 6) is 1.59. The van der Waals surface area contributed by atoms with Gasteiger partial charge in [-0.1, -0.05) is 24.3 Å². The fourth-order valence-electron chi connectivity index (χ4n) is 5.24. The highest BCUT2D eigenvalue weighted by Crippen LogP contribution is 2.34. The van der Waals surface area contributed by atoms with Gasteiger partial charge in [0.1, 0.15) is 11.5 Å². The molecule has 0 atom stereocenters. The van der Waals surface area contributed by atoms with Crippen LogP contribution in [-0.4, -0.2) is 34.2 Å². The molecule has 0 spiro atoms. The van der Waals surface area contributed by atoms with E-state index in [1.54, 1.807) is 14.2 Å². The maximum Gasteiger partial charge on any atom is 0.119 e. The number of fused-ring (bicyclic) bond motifs is 8. The summed E-state index contributed by atoms with van der Waals surface area (Å²) in [7, 11) is 3.36. The van der Waals surface area contributed by atoms with Crippen molar-refractivity contribution >= 4 is 46.4 Å². The molecule has 6 heteroatoms. The maximum absolute atomic E-state index is 5.52. The van der Waals surface area contributed by atoms with E-state index in [9.17, 15) is 0 Å². The van der Waals surface area contributed by atoms with Crippen molar-refractivity contribution in [3.63, 3.8) is 0 Å².